The fourth-order valence-corrected chi connectivity index (χ4v) is 6.35. The summed E-state index contributed by atoms with van der Waals surface area (Å²) in [6.07, 6.45) is 0.730. The predicted molar refractivity (Wildman–Crippen MR) is 129 cm³/mol. The van der Waals surface area contributed by atoms with Crippen LogP contribution in [0.3, 0.4) is 0 Å². The number of benzene rings is 3. The maximum Gasteiger partial charge on any atom is 0.134 e. The zero-order valence-corrected chi connectivity index (χ0v) is 20.2. The molecule has 0 bridgehead atoms. The van der Waals surface area contributed by atoms with Crippen molar-refractivity contribution < 1.29 is 28.4 Å². The van der Waals surface area contributed by atoms with Crippen molar-refractivity contribution in [1.29, 1.82) is 0 Å². The van der Waals surface area contributed by atoms with Crippen LogP contribution in [0.25, 0.3) is 0 Å². The Labute approximate surface area is 190 Å². The van der Waals surface area contributed by atoms with Crippen LogP contribution in [0.15, 0.2) is 54.6 Å². The van der Waals surface area contributed by atoms with E-state index in [1.807, 2.05) is 42.5 Å². The second kappa shape index (κ2) is 11.0. The third-order valence-corrected chi connectivity index (χ3v) is 7.74. The zero-order valence-electron chi connectivity index (χ0n) is 19.3. The maximum atomic E-state index is 5.81. The third-order valence-electron chi connectivity index (χ3n) is 5.10. The molecular formula is C25H29O6P. The maximum absolute atomic E-state index is 5.81. The van der Waals surface area contributed by atoms with Gasteiger partial charge in [0.15, 0.2) is 0 Å². The van der Waals surface area contributed by atoms with Crippen molar-refractivity contribution in [2.24, 2.45) is 0 Å². The molecule has 7 heteroatoms. The fraction of sp³-hybridized carbons (Fsp3) is 0.280. The first-order valence-corrected chi connectivity index (χ1v) is 11.5. The number of methoxy groups -OCH3 is 6. The first kappa shape index (κ1) is 23.6. The summed E-state index contributed by atoms with van der Waals surface area (Å²) in [5.41, 5.74) is 1.18. The summed E-state index contributed by atoms with van der Waals surface area (Å²) in [5, 5.41) is 1.88. The van der Waals surface area contributed by atoms with Crippen molar-refractivity contribution in [1.82, 2.24) is 0 Å². The van der Waals surface area contributed by atoms with E-state index in [-0.39, 0.29) is 0 Å². The van der Waals surface area contributed by atoms with E-state index < -0.39 is 7.92 Å². The smallest absolute Gasteiger partial charge is 0.134 e. The molecule has 3 aromatic rings. The van der Waals surface area contributed by atoms with Crippen LogP contribution >= 0.6 is 7.92 Å². The summed E-state index contributed by atoms with van der Waals surface area (Å²) in [6, 6.07) is 17.8. The molecule has 0 amide bonds. The molecule has 0 radical (unpaired) electrons. The molecule has 3 rings (SSSR count). The van der Waals surface area contributed by atoms with Crippen molar-refractivity contribution in [3.8, 4) is 34.5 Å². The Morgan fingerprint density at radius 3 is 1.22 bits per heavy atom. The lowest BCUT2D eigenvalue weighted by Crippen LogP contribution is -2.21. The standard InChI is InChI=1S/C25H29O6P/c1-26-18-12-20(28-3)24(21(13-18)29-4)32(16-17-10-8-7-9-11-17)25-22(30-5)14-19(27-2)15-23(25)31-6/h7-15H,16H2,1-6H3. The van der Waals surface area contributed by atoms with Gasteiger partial charge in [0.1, 0.15) is 34.5 Å². The van der Waals surface area contributed by atoms with Crippen molar-refractivity contribution in [3.63, 3.8) is 0 Å². The highest BCUT2D eigenvalue weighted by Crippen LogP contribution is 2.50. The first-order chi connectivity index (χ1) is 15.6. The minimum atomic E-state index is -1.08. The molecule has 0 atom stereocenters. The lowest BCUT2D eigenvalue weighted by Gasteiger charge is -2.27. The molecule has 0 aliphatic heterocycles. The molecule has 6 nitrogen and oxygen atoms in total. The Balaban J connectivity index is 2.33. The Hall–Kier alpha value is -3.11. The summed E-state index contributed by atoms with van der Waals surface area (Å²) in [4.78, 5) is 0. The minimum Gasteiger partial charge on any atom is -0.496 e. The monoisotopic (exact) mass is 456 g/mol. The predicted octanol–water partition coefficient (Wildman–Crippen LogP) is 4.37. The summed E-state index contributed by atoms with van der Waals surface area (Å²) in [5.74, 6) is 4.05. The molecule has 3 aromatic carbocycles. The van der Waals surface area contributed by atoms with E-state index >= 15 is 0 Å². The van der Waals surface area contributed by atoms with E-state index in [9.17, 15) is 0 Å². The number of rotatable bonds is 10. The van der Waals surface area contributed by atoms with Crippen LogP contribution in [-0.2, 0) is 6.16 Å². The SMILES string of the molecule is COc1cc(OC)c(P(Cc2ccccc2)c2c(OC)cc(OC)cc2OC)c(OC)c1. The molecule has 0 unspecified atom stereocenters. The molecule has 0 aliphatic carbocycles. The molecule has 170 valence electrons. The summed E-state index contributed by atoms with van der Waals surface area (Å²) in [6.45, 7) is 0. The molecular weight excluding hydrogens is 427 g/mol. The Morgan fingerprint density at radius 2 is 0.906 bits per heavy atom. The second-order valence-corrected chi connectivity index (χ2v) is 8.90. The molecule has 0 spiro atoms. The van der Waals surface area contributed by atoms with Gasteiger partial charge in [-0.15, -0.1) is 0 Å². The van der Waals surface area contributed by atoms with Gasteiger partial charge < -0.3 is 28.4 Å². The molecule has 0 saturated heterocycles. The van der Waals surface area contributed by atoms with E-state index in [0.717, 1.165) is 16.8 Å². The van der Waals surface area contributed by atoms with Gasteiger partial charge in [-0.25, -0.2) is 0 Å². The molecule has 32 heavy (non-hydrogen) atoms. The van der Waals surface area contributed by atoms with Gasteiger partial charge in [0.25, 0.3) is 0 Å². The Morgan fingerprint density at radius 1 is 0.531 bits per heavy atom. The van der Waals surface area contributed by atoms with Crippen molar-refractivity contribution >= 4 is 18.5 Å². The zero-order chi connectivity index (χ0) is 23.1. The van der Waals surface area contributed by atoms with Crippen LogP contribution in [0.2, 0.25) is 0 Å². The normalized spacial score (nSPS) is 10.6. The van der Waals surface area contributed by atoms with Crippen LogP contribution in [0, 0.1) is 0 Å². The van der Waals surface area contributed by atoms with E-state index in [4.69, 9.17) is 28.4 Å². The topological polar surface area (TPSA) is 55.4 Å². The third kappa shape index (κ3) is 4.86. The van der Waals surface area contributed by atoms with E-state index in [0.29, 0.717) is 34.5 Å². The summed E-state index contributed by atoms with van der Waals surface area (Å²) < 4.78 is 34.2. The second-order valence-electron chi connectivity index (χ2n) is 6.83. The van der Waals surface area contributed by atoms with Crippen LogP contribution in [0.4, 0.5) is 0 Å². The lowest BCUT2D eigenvalue weighted by atomic mass is 10.2. The Bertz CT molecular complexity index is 924. The molecule has 0 saturated carbocycles. The van der Waals surface area contributed by atoms with Gasteiger partial charge in [-0.1, -0.05) is 30.3 Å². The van der Waals surface area contributed by atoms with Gasteiger partial charge in [-0.3, -0.25) is 0 Å². The highest BCUT2D eigenvalue weighted by atomic mass is 31.1. The number of ether oxygens (including phenoxy) is 6. The molecule has 0 aromatic heterocycles. The highest BCUT2D eigenvalue weighted by Gasteiger charge is 2.30. The highest BCUT2D eigenvalue weighted by molar-refractivity contribution is 7.73. The number of hydrogen-bond acceptors (Lipinski definition) is 6. The minimum absolute atomic E-state index is 0.658. The van der Waals surface area contributed by atoms with Crippen LogP contribution in [0.1, 0.15) is 5.56 Å². The molecule has 0 heterocycles. The van der Waals surface area contributed by atoms with Gasteiger partial charge in [0.2, 0.25) is 0 Å². The van der Waals surface area contributed by atoms with Crippen molar-refractivity contribution in [2.45, 2.75) is 6.16 Å². The van der Waals surface area contributed by atoms with Gasteiger partial charge in [0, 0.05) is 30.4 Å². The van der Waals surface area contributed by atoms with Crippen LogP contribution in [-0.4, -0.2) is 42.7 Å². The van der Waals surface area contributed by atoms with Gasteiger partial charge in [-0.05, 0) is 13.5 Å². The van der Waals surface area contributed by atoms with E-state index in [1.54, 1.807) is 42.7 Å². The molecule has 0 fully saturated rings. The van der Waals surface area contributed by atoms with Crippen molar-refractivity contribution in [2.75, 3.05) is 42.7 Å². The quantitative estimate of drug-likeness (QED) is 0.423. The van der Waals surface area contributed by atoms with Crippen molar-refractivity contribution in [3.05, 3.63) is 60.2 Å². The van der Waals surface area contributed by atoms with E-state index in [1.165, 1.54) is 5.56 Å². The van der Waals surface area contributed by atoms with Gasteiger partial charge >= 0.3 is 0 Å². The average Bonchev–Trinajstić information content (AvgIpc) is 2.86. The number of hydrogen-bond donors (Lipinski definition) is 0. The average molecular weight is 456 g/mol. The lowest BCUT2D eigenvalue weighted by molar-refractivity contribution is 0.379. The summed E-state index contributed by atoms with van der Waals surface area (Å²) >= 11 is 0. The van der Waals surface area contributed by atoms with Crippen LogP contribution in [0.5, 0.6) is 34.5 Å². The van der Waals surface area contributed by atoms with Gasteiger partial charge in [0.05, 0.1) is 53.3 Å². The van der Waals surface area contributed by atoms with Gasteiger partial charge in [-0.2, -0.15) is 0 Å². The molecule has 0 N–H and O–H groups in total. The Kier molecular flexibility index (Phi) is 8.07. The largest absolute Gasteiger partial charge is 0.496 e. The fourth-order valence-electron chi connectivity index (χ4n) is 3.54. The first-order valence-electron chi connectivity index (χ1n) is 10.0. The van der Waals surface area contributed by atoms with E-state index in [2.05, 4.69) is 12.1 Å². The van der Waals surface area contributed by atoms with Crippen LogP contribution < -0.4 is 39.0 Å². The molecule has 0 aliphatic rings. The summed E-state index contributed by atoms with van der Waals surface area (Å²) in [7, 11) is 8.76.